The molecule has 1 aromatic heterocycles. The number of carbonyl (C=O) groups is 2. The fourth-order valence-corrected chi connectivity index (χ4v) is 3.68. The number of benzene rings is 1. The van der Waals surface area contributed by atoms with Crippen LogP contribution in [0.1, 0.15) is 43.4 Å². The molecule has 1 aromatic carbocycles. The van der Waals surface area contributed by atoms with Crippen molar-refractivity contribution in [3.63, 3.8) is 0 Å². The zero-order chi connectivity index (χ0) is 22.8. The number of carbonyl (C=O) groups excluding carboxylic acids is 2. The first-order valence-electron chi connectivity index (χ1n) is 9.83. The monoisotopic (exact) mass is 459 g/mol. The summed E-state index contributed by atoms with van der Waals surface area (Å²) in [7, 11) is 0. The van der Waals surface area contributed by atoms with Crippen LogP contribution in [0.4, 0.5) is 17.6 Å². The van der Waals surface area contributed by atoms with Gasteiger partial charge >= 0.3 is 6.18 Å². The predicted molar refractivity (Wildman–Crippen MR) is 108 cm³/mol. The first-order chi connectivity index (χ1) is 14.5. The van der Waals surface area contributed by atoms with E-state index in [0.717, 1.165) is 19.4 Å². The lowest BCUT2D eigenvalue weighted by molar-refractivity contribution is -0.162. The third kappa shape index (κ3) is 5.03. The molecule has 0 spiro atoms. The van der Waals surface area contributed by atoms with E-state index in [4.69, 9.17) is 17.3 Å². The molecule has 1 aliphatic heterocycles. The number of halogens is 5. The van der Waals surface area contributed by atoms with Gasteiger partial charge in [0.25, 0.3) is 0 Å². The Hall–Kier alpha value is -2.55. The van der Waals surface area contributed by atoms with E-state index < -0.39 is 29.0 Å². The molecule has 1 aliphatic carbocycles. The lowest BCUT2D eigenvalue weighted by Crippen LogP contribution is -2.30. The molecule has 4 rings (SSSR count). The smallest absolute Gasteiger partial charge is 0.370 e. The van der Waals surface area contributed by atoms with Crippen molar-refractivity contribution in [2.75, 3.05) is 6.54 Å². The van der Waals surface area contributed by atoms with Crippen LogP contribution in [0.3, 0.4) is 0 Å². The maximum absolute atomic E-state index is 14.9. The van der Waals surface area contributed by atoms with Crippen LogP contribution in [0.15, 0.2) is 24.3 Å². The molecule has 2 amide bonds. The maximum atomic E-state index is 14.9. The third-order valence-electron chi connectivity index (χ3n) is 5.46. The average Bonchev–Trinajstić information content (AvgIpc) is 3.27. The molecule has 168 valence electrons. The Morgan fingerprint density at radius 3 is 2.26 bits per heavy atom. The van der Waals surface area contributed by atoms with Gasteiger partial charge in [-0.1, -0.05) is 23.7 Å². The van der Waals surface area contributed by atoms with Crippen molar-refractivity contribution in [1.82, 2.24) is 10.3 Å². The zero-order valence-corrected chi connectivity index (χ0v) is 17.3. The van der Waals surface area contributed by atoms with E-state index >= 15 is 0 Å². The second-order valence-corrected chi connectivity index (χ2v) is 8.11. The second-order valence-electron chi connectivity index (χ2n) is 7.67. The zero-order valence-electron chi connectivity index (χ0n) is 16.5. The van der Waals surface area contributed by atoms with Crippen LogP contribution in [0.25, 0.3) is 11.3 Å². The van der Waals surface area contributed by atoms with Crippen molar-refractivity contribution in [1.29, 1.82) is 0 Å². The minimum Gasteiger partial charge on any atom is -0.370 e. The van der Waals surface area contributed by atoms with Gasteiger partial charge in [0.05, 0.1) is 11.4 Å². The van der Waals surface area contributed by atoms with E-state index in [1.807, 2.05) is 0 Å². The Bertz CT molecular complexity index is 958. The number of aromatic nitrogens is 1. The average molecular weight is 460 g/mol. The number of amides is 2. The Morgan fingerprint density at radius 2 is 1.84 bits per heavy atom. The minimum absolute atomic E-state index is 0.0339. The normalized spacial score (nSPS) is 17.0. The van der Waals surface area contributed by atoms with Crippen molar-refractivity contribution in [3.05, 3.63) is 46.4 Å². The highest BCUT2D eigenvalue weighted by Crippen LogP contribution is 2.59. The van der Waals surface area contributed by atoms with Gasteiger partial charge in [0.1, 0.15) is 11.2 Å². The molecule has 1 saturated heterocycles. The number of nitrogens with one attached hydrogen (secondary N) is 2. The molecule has 0 unspecified atom stereocenters. The predicted octanol–water partition coefficient (Wildman–Crippen LogP) is 4.38. The van der Waals surface area contributed by atoms with E-state index in [1.165, 1.54) is 0 Å². The van der Waals surface area contributed by atoms with Crippen LogP contribution < -0.4 is 11.1 Å². The quantitative estimate of drug-likeness (QED) is 0.579. The van der Waals surface area contributed by atoms with Gasteiger partial charge in [0, 0.05) is 30.0 Å². The highest BCUT2D eigenvalue weighted by molar-refractivity contribution is 6.30. The molecule has 0 bridgehead atoms. The van der Waals surface area contributed by atoms with Crippen LogP contribution in [-0.4, -0.2) is 29.5 Å². The van der Waals surface area contributed by atoms with Crippen molar-refractivity contribution in [2.24, 2.45) is 5.73 Å². The molecule has 0 radical (unpaired) electrons. The van der Waals surface area contributed by atoms with Gasteiger partial charge in [-0.05, 0) is 43.4 Å². The molecule has 5 nitrogen and oxygen atoms in total. The Labute approximate surface area is 181 Å². The summed E-state index contributed by atoms with van der Waals surface area (Å²) in [5.74, 6) is -1.39. The number of nitrogens with two attached hydrogens (primary N) is 1. The summed E-state index contributed by atoms with van der Waals surface area (Å²) in [6, 6.07) is 6.28. The molecule has 2 heterocycles. The third-order valence-corrected chi connectivity index (χ3v) is 5.72. The first-order valence-corrected chi connectivity index (χ1v) is 10.2. The van der Waals surface area contributed by atoms with Gasteiger partial charge in [-0.25, -0.2) is 4.39 Å². The molecule has 2 aliphatic rings. The largest absolute Gasteiger partial charge is 0.399 e. The van der Waals surface area contributed by atoms with Crippen molar-refractivity contribution < 1.29 is 27.2 Å². The summed E-state index contributed by atoms with van der Waals surface area (Å²) in [5.41, 5.74) is 3.21. The molecule has 1 saturated carbocycles. The van der Waals surface area contributed by atoms with Gasteiger partial charge in [0.2, 0.25) is 11.8 Å². The van der Waals surface area contributed by atoms with Crippen LogP contribution in [-0.2, 0) is 21.4 Å². The van der Waals surface area contributed by atoms with Crippen LogP contribution in [0.5, 0.6) is 0 Å². The van der Waals surface area contributed by atoms with E-state index in [2.05, 4.69) is 10.3 Å². The van der Waals surface area contributed by atoms with E-state index in [0.29, 0.717) is 10.6 Å². The molecule has 10 heteroatoms. The summed E-state index contributed by atoms with van der Waals surface area (Å²) in [6.07, 6.45) is -3.35. The minimum atomic E-state index is -4.54. The lowest BCUT2D eigenvalue weighted by Gasteiger charge is -2.18. The van der Waals surface area contributed by atoms with Crippen LogP contribution in [0.2, 0.25) is 5.02 Å². The van der Waals surface area contributed by atoms with Crippen molar-refractivity contribution >= 4 is 23.4 Å². The molecule has 2 aromatic rings. The first kappa shape index (κ1) is 23.1. The van der Waals surface area contributed by atoms with Gasteiger partial charge in [-0.2, -0.15) is 13.2 Å². The number of rotatable bonds is 5. The van der Waals surface area contributed by atoms with Gasteiger partial charge in [0.15, 0.2) is 0 Å². The molecule has 0 atom stereocenters. The molecular formula is C21H22ClF4N3O2. The summed E-state index contributed by atoms with van der Waals surface area (Å²) >= 11 is 5.83. The van der Waals surface area contributed by atoms with Crippen LogP contribution in [0, 0.1) is 5.82 Å². The topological polar surface area (TPSA) is 88.0 Å². The SMILES string of the molecule is NC(=O)CCc1c(-c2ccc(Cl)cc2)[nH]c(C2(C(F)(F)F)CC2)c1F.O=C1CCCN1. The second kappa shape index (κ2) is 8.90. The number of primary amides is 1. The number of H-pyrrole nitrogens is 1. The Balaban J connectivity index is 0.000000391. The summed E-state index contributed by atoms with van der Waals surface area (Å²) in [4.78, 5) is 23.8. The fraction of sp³-hybridized carbons (Fsp3) is 0.429. The highest BCUT2D eigenvalue weighted by atomic mass is 35.5. The van der Waals surface area contributed by atoms with E-state index in [9.17, 15) is 27.2 Å². The summed E-state index contributed by atoms with van der Waals surface area (Å²) in [5, 5.41) is 3.13. The van der Waals surface area contributed by atoms with Gasteiger partial charge < -0.3 is 16.0 Å². The Morgan fingerprint density at radius 1 is 1.19 bits per heavy atom. The molecular weight excluding hydrogens is 438 g/mol. The van der Waals surface area contributed by atoms with E-state index in [1.54, 1.807) is 24.3 Å². The van der Waals surface area contributed by atoms with Crippen LogP contribution >= 0.6 is 11.6 Å². The standard InChI is InChI=1S/C17H15ClF4N2O.C4H7NO/c18-10-3-1-9(2-4-10)14-11(5-6-12(23)25)13(19)15(24-14)16(7-8-16)17(20,21)22;6-4-2-1-3-5-4/h1-4,24H,5-8H2,(H2,23,25);1-3H2,(H,5,6). The lowest BCUT2D eigenvalue weighted by atomic mass is 9.99. The summed E-state index contributed by atoms with van der Waals surface area (Å²) in [6.45, 7) is 0.888. The number of hydrogen-bond donors (Lipinski definition) is 3. The van der Waals surface area contributed by atoms with E-state index in [-0.39, 0.29) is 42.8 Å². The number of alkyl halides is 3. The molecule has 2 fully saturated rings. The molecule has 31 heavy (non-hydrogen) atoms. The fourth-order valence-electron chi connectivity index (χ4n) is 3.56. The number of hydrogen-bond acceptors (Lipinski definition) is 2. The highest BCUT2D eigenvalue weighted by Gasteiger charge is 2.66. The maximum Gasteiger partial charge on any atom is 0.399 e. The number of aromatic amines is 1. The van der Waals surface area contributed by atoms with Gasteiger partial charge in [-0.3, -0.25) is 9.59 Å². The molecule has 4 N–H and O–H groups in total. The Kier molecular flexibility index (Phi) is 6.64. The van der Waals surface area contributed by atoms with Crippen molar-refractivity contribution in [2.45, 2.75) is 50.1 Å². The van der Waals surface area contributed by atoms with Gasteiger partial charge in [-0.15, -0.1) is 0 Å². The summed E-state index contributed by atoms with van der Waals surface area (Å²) < 4.78 is 55.0. The van der Waals surface area contributed by atoms with Crippen molar-refractivity contribution in [3.8, 4) is 11.3 Å².